The zero-order valence-corrected chi connectivity index (χ0v) is 29.2. The fraction of sp³-hybridized carbons (Fsp3) is 0.289. The second kappa shape index (κ2) is 10.2. The van der Waals surface area contributed by atoms with Gasteiger partial charge in [-0.3, -0.25) is 0 Å². The molecule has 0 aromatic heterocycles. The lowest BCUT2D eigenvalue weighted by Gasteiger charge is -2.45. The fourth-order valence-corrected chi connectivity index (χ4v) is 9.03. The van der Waals surface area contributed by atoms with Gasteiger partial charge in [-0.1, -0.05) is 96.2 Å². The molecule has 0 atom stereocenters. The third kappa shape index (κ3) is 4.03. The van der Waals surface area contributed by atoms with Crippen molar-refractivity contribution in [3.63, 3.8) is 0 Å². The van der Waals surface area contributed by atoms with Crippen LogP contribution in [0.1, 0.15) is 96.0 Å². The molecule has 2 aliphatic carbocycles. The Balaban J connectivity index is 1.40. The van der Waals surface area contributed by atoms with E-state index in [4.69, 9.17) is 0 Å². The van der Waals surface area contributed by atoms with Gasteiger partial charge in [-0.05, 0) is 126 Å². The van der Waals surface area contributed by atoms with Gasteiger partial charge in [0.05, 0.1) is 17.1 Å². The van der Waals surface area contributed by atoms with E-state index in [-0.39, 0.29) is 16.2 Å². The van der Waals surface area contributed by atoms with E-state index < -0.39 is 0 Å². The molecule has 2 heteroatoms. The lowest BCUT2D eigenvalue weighted by molar-refractivity contribution is 0.569. The summed E-state index contributed by atoms with van der Waals surface area (Å²) in [5, 5.41) is 0. The molecule has 47 heavy (non-hydrogen) atoms. The van der Waals surface area contributed by atoms with E-state index in [1.165, 1.54) is 78.7 Å². The number of para-hydroxylation sites is 2. The maximum absolute atomic E-state index is 2.57. The third-order valence-electron chi connectivity index (χ3n) is 11.6. The number of hydrogen-bond donors (Lipinski definition) is 0. The van der Waals surface area contributed by atoms with Gasteiger partial charge in [0.1, 0.15) is 0 Å². The summed E-state index contributed by atoms with van der Waals surface area (Å²) in [6.07, 6.45) is 13.5. The Bertz CT molecular complexity index is 2080. The average molecular weight is 615 g/mol. The van der Waals surface area contributed by atoms with E-state index >= 15 is 0 Å². The molecule has 0 radical (unpaired) electrons. The van der Waals surface area contributed by atoms with E-state index in [0.717, 1.165) is 12.8 Å². The average Bonchev–Trinajstić information content (AvgIpc) is 3.28. The molecule has 2 nitrogen and oxygen atoms in total. The monoisotopic (exact) mass is 614 g/mol. The molecule has 0 spiro atoms. The van der Waals surface area contributed by atoms with Crippen LogP contribution in [0.2, 0.25) is 0 Å². The maximum atomic E-state index is 2.57. The van der Waals surface area contributed by atoms with Gasteiger partial charge in [0.15, 0.2) is 0 Å². The Morgan fingerprint density at radius 3 is 1.94 bits per heavy atom. The predicted molar refractivity (Wildman–Crippen MR) is 200 cm³/mol. The minimum atomic E-state index is -0.165. The molecule has 4 aliphatic rings. The summed E-state index contributed by atoms with van der Waals surface area (Å²) in [4.78, 5) is 5.03. The van der Waals surface area contributed by atoms with Crippen molar-refractivity contribution in [2.45, 2.75) is 84.5 Å². The van der Waals surface area contributed by atoms with Crippen LogP contribution in [0.3, 0.4) is 0 Å². The van der Waals surface area contributed by atoms with Crippen LogP contribution in [-0.4, -0.2) is 0 Å². The van der Waals surface area contributed by atoms with E-state index in [1.54, 1.807) is 0 Å². The van der Waals surface area contributed by atoms with Crippen LogP contribution in [-0.2, 0) is 16.2 Å². The van der Waals surface area contributed by atoms with Gasteiger partial charge >= 0.3 is 0 Å². The van der Waals surface area contributed by atoms with Gasteiger partial charge in [-0.25, -0.2) is 0 Å². The minimum Gasteiger partial charge on any atom is -0.310 e. The number of hydrogen-bond acceptors (Lipinski definition) is 2. The maximum Gasteiger partial charge on any atom is 0.0505 e. The summed E-state index contributed by atoms with van der Waals surface area (Å²) in [6.45, 7) is 18.8. The first-order chi connectivity index (χ1) is 22.5. The standard InChI is InChI=1S/C45H46N2/c1-9-18-29(10-2)46-39-23-16-14-21-33(39)43(3,4)37-25-31-32-26-38-42(28-36(32)45(7,8)35(31)27-41(37)46)47(30-19-12-11-13-20-30)40-24-17-15-22-34(40)44(38,5)6/h9-14,16-21,23-28H,15,22H2,1-8H3. The number of allylic oxidation sites excluding steroid dienone is 6. The van der Waals surface area contributed by atoms with Crippen LogP contribution in [0.25, 0.3) is 11.1 Å². The number of anilines is 4. The highest BCUT2D eigenvalue weighted by Crippen LogP contribution is 2.60. The molecular weight excluding hydrogens is 569 g/mol. The van der Waals surface area contributed by atoms with Crippen molar-refractivity contribution in [1.82, 2.24) is 0 Å². The molecule has 4 aromatic carbocycles. The van der Waals surface area contributed by atoms with Crippen molar-refractivity contribution >= 4 is 22.7 Å². The van der Waals surface area contributed by atoms with Crippen molar-refractivity contribution in [1.29, 1.82) is 0 Å². The molecule has 0 bridgehead atoms. The SMILES string of the molecule is CC=CC(=CC)N1c2ccccc2C(C)(C)c2cc3c(cc21)C(C)(C)c1cc2c(cc1-3)C(C)(C)C1=C(C=CCC1)N2c1ccccc1. The molecule has 4 aromatic rings. The summed E-state index contributed by atoms with van der Waals surface area (Å²) in [5.74, 6) is 0. The first-order valence-corrected chi connectivity index (χ1v) is 17.3. The van der Waals surface area contributed by atoms with Gasteiger partial charge in [-0.15, -0.1) is 0 Å². The van der Waals surface area contributed by atoms with Gasteiger partial charge in [0, 0.05) is 33.3 Å². The minimum absolute atomic E-state index is 0.0703. The van der Waals surface area contributed by atoms with E-state index in [0.29, 0.717) is 0 Å². The number of benzene rings is 4. The summed E-state index contributed by atoms with van der Waals surface area (Å²) in [6, 6.07) is 30.1. The molecule has 0 amide bonds. The third-order valence-corrected chi connectivity index (χ3v) is 11.6. The van der Waals surface area contributed by atoms with Crippen LogP contribution >= 0.6 is 0 Å². The van der Waals surface area contributed by atoms with Crippen LogP contribution < -0.4 is 9.80 Å². The molecule has 0 unspecified atom stereocenters. The molecular formula is C45H46N2. The summed E-state index contributed by atoms with van der Waals surface area (Å²) >= 11 is 0. The van der Waals surface area contributed by atoms with E-state index in [2.05, 4.69) is 174 Å². The van der Waals surface area contributed by atoms with Crippen LogP contribution in [0, 0.1) is 0 Å². The quantitative estimate of drug-likeness (QED) is 0.212. The normalized spacial score (nSPS) is 19.6. The molecule has 0 N–H and O–H groups in total. The summed E-state index contributed by atoms with van der Waals surface area (Å²) in [7, 11) is 0. The molecule has 8 rings (SSSR count). The Hall–Kier alpha value is -4.56. The van der Waals surface area contributed by atoms with Crippen molar-refractivity contribution in [3.05, 3.63) is 154 Å². The summed E-state index contributed by atoms with van der Waals surface area (Å²) in [5.41, 5.74) is 18.6. The highest BCUT2D eigenvalue weighted by Gasteiger charge is 2.45. The summed E-state index contributed by atoms with van der Waals surface area (Å²) < 4.78 is 0. The Morgan fingerprint density at radius 2 is 1.26 bits per heavy atom. The largest absolute Gasteiger partial charge is 0.310 e. The Morgan fingerprint density at radius 1 is 0.638 bits per heavy atom. The highest BCUT2D eigenvalue weighted by molar-refractivity contribution is 5.92. The van der Waals surface area contributed by atoms with Crippen LogP contribution in [0.4, 0.5) is 22.7 Å². The second-order valence-corrected chi connectivity index (χ2v) is 15.2. The van der Waals surface area contributed by atoms with Gasteiger partial charge in [0.25, 0.3) is 0 Å². The van der Waals surface area contributed by atoms with Crippen molar-refractivity contribution in [3.8, 4) is 11.1 Å². The number of rotatable bonds is 3. The molecule has 2 aliphatic heterocycles. The smallest absolute Gasteiger partial charge is 0.0505 e. The predicted octanol–water partition coefficient (Wildman–Crippen LogP) is 12.3. The fourth-order valence-electron chi connectivity index (χ4n) is 9.03. The van der Waals surface area contributed by atoms with Crippen molar-refractivity contribution in [2.75, 3.05) is 9.80 Å². The first kappa shape index (κ1) is 29.8. The lowest BCUT2D eigenvalue weighted by Crippen LogP contribution is -2.35. The molecule has 2 heterocycles. The topological polar surface area (TPSA) is 6.48 Å². The second-order valence-electron chi connectivity index (χ2n) is 15.2. The zero-order valence-electron chi connectivity index (χ0n) is 29.2. The molecule has 0 saturated carbocycles. The van der Waals surface area contributed by atoms with E-state index in [9.17, 15) is 0 Å². The van der Waals surface area contributed by atoms with Gasteiger partial charge < -0.3 is 9.80 Å². The molecule has 0 saturated heterocycles. The highest BCUT2D eigenvalue weighted by atomic mass is 15.2. The van der Waals surface area contributed by atoms with Gasteiger partial charge in [0.2, 0.25) is 0 Å². The first-order valence-electron chi connectivity index (χ1n) is 17.3. The number of nitrogens with zero attached hydrogens (tertiary/aromatic N) is 2. The molecule has 0 fully saturated rings. The Kier molecular flexibility index (Phi) is 6.48. The van der Waals surface area contributed by atoms with Crippen LogP contribution in [0.15, 0.2) is 126 Å². The Labute approximate surface area is 281 Å². The van der Waals surface area contributed by atoms with Gasteiger partial charge in [-0.2, -0.15) is 0 Å². The van der Waals surface area contributed by atoms with E-state index in [1.807, 2.05) is 0 Å². The molecule has 236 valence electrons. The van der Waals surface area contributed by atoms with Crippen molar-refractivity contribution in [2.24, 2.45) is 0 Å². The lowest BCUT2D eigenvalue weighted by atomic mass is 9.69. The van der Waals surface area contributed by atoms with Crippen molar-refractivity contribution < 1.29 is 0 Å². The zero-order chi connectivity index (χ0) is 32.9. The number of fused-ring (bicyclic) bond motifs is 6. The van der Waals surface area contributed by atoms with Crippen LogP contribution in [0.5, 0.6) is 0 Å².